The molecule has 0 radical (unpaired) electrons. The predicted octanol–water partition coefficient (Wildman–Crippen LogP) is 4.08. The quantitative estimate of drug-likeness (QED) is 0.746. The molecule has 0 aliphatic rings. The minimum absolute atomic E-state index is 0.0230. The van der Waals surface area contributed by atoms with Crippen LogP contribution in [0.4, 0.5) is 25.0 Å². The van der Waals surface area contributed by atoms with Crippen LogP contribution in [0.1, 0.15) is 0 Å². The van der Waals surface area contributed by atoms with E-state index in [0.717, 1.165) is 0 Å². The van der Waals surface area contributed by atoms with Gasteiger partial charge in [0, 0.05) is 5.56 Å². The lowest BCUT2D eigenvalue weighted by atomic mass is 10.2. The summed E-state index contributed by atoms with van der Waals surface area (Å²) in [5.74, 6) is 0.470. The number of anilines is 2. The molecule has 2 aromatic heterocycles. The standard InChI is InChI=1S/C15H10F3N3O3/c16-15(17,18)24-11-4-1-9(2-5-11)12-8-20-14(23-12)21-13-6-3-10(22)7-19-13/h1-8,22H,(H,19,20,21). The minimum atomic E-state index is -4.73. The average molecular weight is 337 g/mol. The summed E-state index contributed by atoms with van der Waals surface area (Å²) in [4.78, 5) is 7.92. The highest BCUT2D eigenvalue weighted by Crippen LogP contribution is 2.28. The van der Waals surface area contributed by atoms with Crippen LogP contribution in [-0.4, -0.2) is 21.4 Å². The number of nitrogens with one attached hydrogen (secondary N) is 1. The SMILES string of the molecule is Oc1ccc(Nc2ncc(-c3ccc(OC(F)(F)F)cc3)o2)nc1. The lowest BCUT2D eigenvalue weighted by Crippen LogP contribution is -2.16. The van der Waals surface area contributed by atoms with Gasteiger partial charge in [0.05, 0.1) is 12.4 Å². The van der Waals surface area contributed by atoms with E-state index in [1.165, 1.54) is 48.8 Å². The van der Waals surface area contributed by atoms with Gasteiger partial charge in [0.15, 0.2) is 5.76 Å². The van der Waals surface area contributed by atoms with E-state index in [1.54, 1.807) is 0 Å². The third-order valence-electron chi connectivity index (χ3n) is 2.86. The van der Waals surface area contributed by atoms with E-state index in [4.69, 9.17) is 9.52 Å². The zero-order chi connectivity index (χ0) is 17.2. The maximum Gasteiger partial charge on any atom is 0.573 e. The molecule has 0 atom stereocenters. The molecule has 24 heavy (non-hydrogen) atoms. The molecular formula is C15H10F3N3O3. The summed E-state index contributed by atoms with van der Waals surface area (Å²) in [6, 6.07) is 8.33. The number of pyridine rings is 1. The number of benzene rings is 1. The zero-order valence-electron chi connectivity index (χ0n) is 11.9. The Morgan fingerprint density at radius 2 is 1.75 bits per heavy atom. The number of hydrogen-bond donors (Lipinski definition) is 2. The van der Waals surface area contributed by atoms with Crippen LogP contribution in [0.25, 0.3) is 11.3 Å². The van der Waals surface area contributed by atoms with Crippen LogP contribution in [0.3, 0.4) is 0 Å². The van der Waals surface area contributed by atoms with Gasteiger partial charge >= 0.3 is 12.4 Å². The maximum absolute atomic E-state index is 12.1. The van der Waals surface area contributed by atoms with Gasteiger partial charge in [-0.2, -0.15) is 0 Å². The molecule has 0 spiro atoms. The second-order valence-electron chi connectivity index (χ2n) is 4.63. The molecule has 0 fully saturated rings. The number of alkyl halides is 3. The van der Waals surface area contributed by atoms with Crippen molar-refractivity contribution in [1.29, 1.82) is 0 Å². The maximum atomic E-state index is 12.1. The van der Waals surface area contributed by atoms with Crippen LogP contribution in [0.15, 0.2) is 53.2 Å². The summed E-state index contributed by atoms with van der Waals surface area (Å²) in [6.07, 6.45) is -2.06. The average Bonchev–Trinajstić information content (AvgIpc) is 2.97. The second-order valence-corrected chi connectivity index (χ2v) is 4.63. The Morgan fingerprint density at radius 1 is 1.00 bits per heavy atom. The van der Waals surface area contributed by atoms with E-state index >= 15 is 0 Å². The molecule has 6 nitrogen and oxygen atoms in total. The van der Waals surface area contributed by atoms with Crippen molar-refractivity contribution in [3.63, 3.8) is 0 Å². The first-order valence-electron chi connectivity index (χ1n) is 6.63. The molecule has 0 unspecified atom stereocenters. The van der Waals surface area contributed by atoms with Gasteiger partial charge in [-0.05, 0) is 36.4 Å². The second kappa shape index (κ2) is 6.11. The van der Waals surface area contributed by atoms with E-state index in [2.05, 4.69) is 20.0 Å². The lowest BCUT2D eigenvalue weighted by molar-refractivity contribution is -0.274. The molecule has 0 bridgehead atoms. The van der Waals surface area contributed by atoms with E-state index in [1.807, 2.05) is 0 Å². The molecule has 0 aliphatic heterocycles. The fraction of sp³-hybridized carbons (Fsp3) is 0.0667. The Hall–Kier alpha value is -3.23. The van der Waals surface area contributed by atoms with Crippen LogP contribution in [0.5, 0.6) is 11.5 Å². The molecular weight excluding hydrogens is 327 g/mol. The summed E-state index contributed by atoms with van der Waals surface area (Å²) >= 11 is 0. The molecule has 0 saturated carbocycles. The first-order valence-corrected chi connectivity index (χ1v) is 6.63. The number of halogens is 3. The number of hydrogen-bond acceptors (Lipinski definition) is 6. The molecule has 2 heterocycles. The first-order chi connectivity index (χ1) is 11.4. The molecule has 3 aromatic rings. The van der Waals surface area contributed by atoms with E-state index in [9.17, 15) is 13.2 Å². The summed E-state index contributed by atoms with van der Waals surface area (Å²) in [5.41, 5.74) is 0.531. The third kappa shape index (κ3) is 3.94. The lowest BCUT2D eigenvalue weighted by Gasteiger charge is -2.08. The van der Waals surface area contributed by atoms with Gasteiger partial charge in [0.25, 0.3) is 0 Å². The van der Waals surface area contributed by atoms with Crippen molar-refractivity contribution in [1.82, 2.24) is 9.97 Å². The van der Waals surface area contributed by atoms with Crippen molar-refractivity contribution in [2.75, 3.05) is 5.32 Å². The first kappa shape index (κ1) is 15.7. The molecule has 0 amide bonds. The fourth-order valence-electron chi connectivity index (χ4n) is 1.86. The Balaban J connectivity index is 1.72. The smallest absolute Gasteiger partial charge is 0.506 e. The van der Waals surface area contributed by atoms with Crippen molar-refractivity contribution in [2.45, 2.75) is 6.36 Å². The molecule has 0 saturated heterocycles. The molecule has 1 aromatic carbocycles. The summed E-state index contributed by atoms with van der Waals surface area (Å²) in [5, 5.41) is 11.9. The highest BCUT2D eigenvalue weighted by molar-refractivity contribution is 5.59. The van der Waals surface area contributed by atoms with Crippen LogP contribution >= 0.6 is 0 Å². The van der Waals surface area contributed by atoms with Gasteiger partial charge in [-0.1, -0.05) is 0 Å². The van der Waals surface area contributed by atoms with Crippen molar-refractivity contribution >= 4 is 11.8 Å². The zero-order valence-corrected chi connectivity index (χ0v) is 11.9. The fourth-order valence-corrected chi connectivity index (χ4v) is 1.86. The van der Waals surface area contributed by atoms with Crippen molar-refractivity contribution < 1.29 is 27.4 Å². The topological polar surface area (TPSA) is 80.4 Å². The number of ether oxygens (including phenoxy) is 1. The number of rotatable bonds is 4. The third-order valence-corrected chi connectivity index (χ3v) is 2.86. The van der Waals surface area contributed by atoms with Gasteiger partial charge in [-0.15, -0.1) is 13.2 Å². The molecule has 124 valence electrons. The number of aromatic nitrogens is 2. The molecule has 9 heteroatoms. The van der Waals surface area contributed by atoms with Gasteiger partial charge in [0.1, 0.15) is 17.3 Å². The van der Waals surface area contributed by atoms with Crippen molar-refractivity contribution in [3.8, 4) is 22.8 Å². The van der Waals surface area contributed by atoms with E-state index in [-0.39, 0.29) is 17.5 Å². The van der Waals surface area contributed by atoms with Crippen LogP contribution in [0, 0.1) is 0 Å². The van der Waals surface area contributed by atoms with E-state index < -0.39 is 6.36 Å². The highest BCUT2D eigenvalue weighted by atomic mass is 19.4. The summed E-state index contributed by atoms with van der Waals surface area (Å²) in [6.45, 7) is 0. The van der Waals surface area contributed by atoms with Crippen LogP contribution in [-0.2, 0) is 0 Å². The van der Waals surface area contributed by atoms with E-state index in [0.29, 0.717) is 17.1 Å². The van der Waals surface area contributed by atoms with Gasteiger partial charge in [0.2, 0.25) is 0 Å². The Labute approximate surface area is 133 Å². The van der Waals surface area contributed by atoms with Gasteiger partial charge < -0.3 is 14.3 Å². The number of oxazole rings is 1. The van der Waals surface area contributed by atoms with Crippen LogP contribution < -0.4 is 10.1 Å². The highest BCUT2D eigenvalue weighted by Gasteiger charge is 2.31. The minimum Gasteiger partial charge on any atom is -0.506 e. The molecule has 3 rings (SSSR count). The van der Waals surface area contributed by atoms with Gasteiger partial charge in [-0.25, -0.2) is 9.97 Å². The number of nitrogens with zero attached hydrogens (tertiary/aromatic N) is 2. The molecule has 0 aliphatic carbocycles. The summed E-state index contributed by atoms with van der Waals surface area (Å²) < 4.78 is 45.6. The van der Waals surface area contributed by atoms with Crippen LogP contribution in [0.2, 0.25) is 0 Å². The largest absolute Gasteiger partial charge is 0.573 e. The molecule has 2 N–H and O–H groups in total. The Kier molecular flexibility index (Phi) is 3.98. The summed E-state index contributed by atoms with van der Waals surface area (Å²) in [7, 11) is 0. The van der Waals surface area contributed by atoms with Gasteiger partial charge in [-0.3, -0.25) is 5.32 Å². The Morgan fingerprint density at radius 3 is 2.38 bits per heavy atom. The monoisotopic (exact) mass is 337 g/mol. The predicted molar refractivity (Wildman–Crippen MR) is 77.8 cm³/mol. The van der Waals surface area contributed by atoms with Crippen molar-refractivity contribution in [3.05, 3.63) is 48.8 Å². The number of aromatic hydroxyl groups is 1. The van der Waals surface area contributed by atoms with Crippen molar-refractivity contribution in [2.24, 2.45) is 0 Å². The normalized spacial score (nSPS) is 11.3. The Bertz CT molecular complexity index is 814.